The number of quaternary nitrogens is 1. The lowest BCUT2D eigenvalue weighted by atomic mass is 10.1. The highest BCUT2D eigenvalue weighted by atomic mass is 32.2. The van der Waals surface area contributed by atoms with Crippen molar-refractivity contribution in [1.29, 1.82) is 0 Å². The van der Waals surface area contributed by atoms with Gasteiger partial charge in [0, 0.05) is 6.42 Å². The van der Waals surface area contributed by atoms with Crippen LogP contribution in [0.2, 0.25) is 0 Å². The van der Waals surface area contributed by atoms with E-state index >= 15 is 0 Å². The second kappa shape index (κ2) is 8.65. The Hall–Kier alpha value is -2.22. The maximum absolute atomic E-state index is 12.7. The van der Waals surface area contributed by atoms with E-state index in [2.05, 4.69) is 10.5 Å². The van der Waals surface area contributed by atoms with Gasteiger partial charge in [-0.15, -0.1) is 0 Å². The third kappa shape index (κ3) is 6.16. The first-order valence-corrected chi connectivity index (χ1v) is 10.3. The molecule has 0 aliphatic carbocycles. The van der Waals surface area contributed by atoms with Crippen molar-refractivity contribution in [2.75, 3.05) is 6.54 Å². The molecule has 7 heteroatoms. The minimum atomic E-state index is -3.86. The van der Waals surface area contributed by atoms with E-state index in [9.17, 15) is 13.2 Å². The molecule has 2 aromatic carbocycles. The van der Waals surface area contributed by atoms with Gasteiger partial charge in [0.1, 0.15) is 11.6 Å². The van der Waals surface area contributed by atoms with Gasteiger partial charge in [0.05, 0.1) is 11.4 Å². The average molecular weight is 392 g/mol. The smallest absolute Gasteiger partial charge is 0.324 e. The molecule has 0 aromatic heterocycles. The first kappa shape index (κ1) is 21.1. The van der Waals surface area contributed by atoms with Crippen LogP contribution < -0.4 is 10.5 Å². The van der Waals surface area contributed by atoms with Crippen molar-refractivity contribution in [3.8, 4) is 11.1 Å². The molecular weight excluding hydrogens is 364 g/mol. The Labute approximate surface area is 160 Å². The topological polar surface area (TPSA) is 100 Å². The van der Waals surface area contributed by atoms with Crippen LogP contribution in [0.4, 0.5) is 0 Å². The first-order chi connectivity index (χ1) is 12.6. The number of rotatable bonds is 7. The van der Waals surface area contributed by atoms with Crippen LogP contribution in [-0.2, 0) is 19.6 Å². The molecule has 6 nitrogen and oxygen atoms in total. The van der Waals surface area contributed by atoms with E-state index in [0.717, 1.165) is 11.1 Å². The maximum Gasteiger partial charge on any atom is 0.324 e. The van der Waals surface area contributed by atoms with E-state index in [1.54, 1.807) is 32.9 Å². The number of esters is 1. The van der Waals surface area contributed by atoms with Crippen molar-refractivity contribution < 1.29 is 23.7 Å². The van der Waals surface area contributed by atoms with Crippen LogP contribution >= 0.6 is 0 Å². The molecule has 0 unspecified atom stereocenters. The van der Waals surface area contributed by atoms with E-state index < -0.39 is 27.6 Å². The SMILES string of the molecule is CC(C)(C)OC(=O)[C@@H](CC[NH3+])NS(=O)(=O)c1ccc(-c2ccccc2)cc1. The number of sulfonamides is 1. The van der Waals surface area contributed by atoms with Gasteiger partial charge in [0.15, 0.2) is 0 Å². The van der Waals surface area contributed by atoms with Crippen molar-refractivity contribution >= 4 is 16.0 Å². The lowest BCUT2D eigenvalue weighted by molar-refractivity contribution is -0.368. The summed E-state index contributed by atoms with van der Waals surface area (Å²) in [5, 5.41) is 0. The quantitative estimate of drug-likeness (QED) is 0.705. The van der Waals surface area contributed by atoms with Gasteiger partial charge in [-0.25, -0.2) is 8.42 Å². The molecule has 0 saturated heterocycles. The third-order valence-corrected chi connectivity index (χ3v) is 5.24. The molecule has 0 amide bonds. The number of carbonyl (C=O) groups excluding carboxylic acids is 1. The van der Waals surface area contributed by atoms with Crippen LogP contribution in [0.1, 0.15) is 27.2 Å². The zero-order chi connectivity index (χ0) is 20.1. The van der Waals surface area contributed by atoms with E-state index in [-0.39, 0.29) is 11.3 Å². The zero-order valence-electron chi connectivity index (χ0n) is 15.9. The number of hydrogen-bond donors (Lipinski definition) is 2. The van der Waals surface area contributed by atoms with E-state index in [0.29, 0.717) is 6.54 Å². The monoisotopic (exact) mass is 391 g/mol. The molecule has 4 N–H and O–H groups in total. The van der Waals surface area contributed by atoms with Gasteiger partial charge in [0.2, 0.25) is 10.0 Å². The number of carbonyl (C=O) groups is 1. The van der Waals surface area contributed by atoms with Crippen LogP contribution in [-0.4, -0.2) is 32.6 Å². The highest BCUT2D eigenvalue weighted by Gasteiger charge is 2.29. The summed E-state index contributed by atoms with van der Waals surface area (Å²) < 4.78 is 33.2. The van der Waals surface area contributed by atoms with Crippen molar-refractivity contribution in [3.05, 3.63) is 54.6 Å². The Bertz CT molecular complexity index is 857. The van der Waals surface area contributed by atoms with E-state index in [1.807, 2.05) is 30.3 Å². The fourth-order valence-corrected chi connectivity index (χ4v) is 3.73. The summed E-state index contributed by atoms with van der Waals surface area (Å²) in [5.41, 5.74) is 4.93. The fraction of sp³-hybridized carbons (Fsp3) is 0.350. The third-order valence-electron chi connectivity index (χ3n) is 3.75. The van der Waals surface area contributed by atoms with Crippen LogP contribution in [0.3, 0.4) is 0 Å². The Kier molecular flexibility index (Phi) is 6.75. The molecule has 0 aliphatic rings. The molecule has 1 atom stereocenters. The van der Waals surface area contributed by atoms with Crippen molar-refractivity contribution in [1.82, 2.24) is 4.72 Å². The first-order valence-electron chi connectivity index (χ1n) is 8.82. The molecular formula is C20H27N2O4S+. The second-order valence-corrected chi connectivity index (χ2v) is 8.95. The molecule has 0 radical (unpaired) electrons. The minimum absolute atomic E-state index is 0.0970. The van der Waals surface area contributed by atoms with Gasteiger partial charge in [-0.3, -0.25) is 4.79 Å². The number of nitrogens with one attached hydrogen (secondary N) is 1. The summed E-state index contributed by atoms with van der Waals surface area (Å²) in [4.78, 5) is 12.4. The minimum Gasteiger partial charge on any atom is -0.459 e. The van der Waals surface area contributed by atoms with Crippen LogP contribution in [0.5, 0.6) is 0 Å². The molecule has 146 valence electrons. The van der Waals surface area contributed by atoms with Gasteiger partial charge in [-0.2, -0.15) is 4.72 Å². The normalized spacial score (nSPS) is 13.2. The summed E-state index contributed by atoms with van der Waals surface area (Å²) in [6, 6.07) is 15.2. The predicted molar refractivity (Wildman–Crippen MR) is 104 cm³/mol. The van der Waals surface area contributed by atoms with Gasteiger partial charge < -0.3 is 10.5 Å². The molecule has 2 rings (SSSR count). The van der Waals surface area contributed by atoms with Gasteiger partial charge in [-0.05, 0) is 44.0 Å². The van der Waals surface area contributed by atoms with E-state index in [1.165, 1.54) is 12.1 Å². The fourth-order valence-electron chi connectivity index (χ4n) is 2.51. The Morgan fingerprint density at radius 2 is 1.59 bits per heavy atom. The number of hydrogen-bond acceptors (Lipinski definition) is 4. The summed E-state index contributed by atoms with van der Waals surface area (Å²) in [5.74, 6) is -0.601. The van der Waals surface area contributed by atoms with Crippen molar-refractivity contribution in [3.63, 3.8) is 0 Å². The summed E-state index contributed by atoms with van der Waals surface area (Å²) in [6.45, 7) is 5.62. The molecule has 0 aliphatic heterocycles. The lowest BCUT2D eigenvalue weighted by Gasteiger charge is -2.24. The predicted octanol–water partition coefficient (Wildman–Crippen LogP) is 1.97. The van der Waals surface area contributed by atoms with Gasteiger partial charge >= 0.3 is 5.97 Å². The lowest BCUT2D eigenvalue weighted by Crippen LogP contribution is -2.55. The highest BCUT2D eigenvalue weighted by molar-refractivity contribution is 7.89. The molecule has 0 saturated carbocycles. The standard InChI is InChI=1S/C20H26N2O4S/c1-20(2,3)26-19(23)18(13-14-21)22-27(24,25)17-11-9-16(10-12-17)15-7-5-4-6-8-15/h4-12,18,22H,13-14,21H2,1-3H3/p+1/t18-/m1/s1. The van der Waals surface area contributed by atoms with E-state index in [4.69, 9.17) is 4.74 Å². The van der Waals surface area contributed by atoms with Crippen molar-refractivity contribution in [2.24, 2.45) is 0 Å². The van der Waals surface area contributed by atoms with Crippen LogP contribution in [0, 0.1) is 0 Å². The molecule has 0 heterocycles. The molecule has 27 heavy (non-hydrogen) atoms. The Balaban J connectivity index is 2.19. The molecule has 2 aromatic rings. The Morgan fingerprint density at radius 3 is 2.11 bits per heavy atom. The highest BCUT2D eigenvalue weighted by Crippen LogP contribution is 2.21. The number of benzene rings is 2. The zero-order valence-corrected chi connectivity index (χ0v) is 16.8. The van der Waals surface area contributed by atoms with Crippen LogP contribution in [0.25, 0.3) is 11.1 Å². The number of ether oxygens (including phenoxy) is 1. The summed E-state index contributed by atoms with van der Waals surface area (Å²) in [6.07, 6.45) is 0.260. The van der Waals surface area contributed by atoms with Gasteiger partial charge in [-0.1, -0.05) is 42.5 Å². The second-order valence-electron chi connectivity index (χ2n) is 7.24. The Morgan fingerprint density at radius 1 is 1.04 bits per heavy atom. The molecule has 0 fully saturated rings. The molecule has 0 bridgehead atoms. The maximum atomic E-state index is 12.7. The average Bonchev–Trinajstić information content (AvgIpc) is 2.61. The molecule has 0 spiro atoms. The largest absolute Gasteiger partial charge is 0.459 e. The van der Waals surface area contributed by atoms with Crippen LogP contribution in [0.15, 0.2) is 59.5 Å². The summed E-state index contributed by atoms with van der Waals surface area (Å²) in [7, 11) is -3.86. The summed E-state index contributed by atoms with van der Waals surface area (Å²) >= 11 is 0. The van der Waals surface area contributed by atoms with Gasteiger partial charge in [0.25, 0.3) is 0 Å². The van der Waals surface area contributed by atoms with Crippen molar-refractivity contribution in [2.45, 2.75) is 43.7 Å².